The summed E-state index contributed by atoms with van der Waals surface area (Å²) in [5.41, 5.74) is 0.205. The Morgan fingerprint density at radius 1 is 0.933 bits per heavy atom. The van der Waals surface area contributed by atoms with E-state index in [0.29, 0.717) is 37.4 Å². The third kappa shape index (κ3) is 8.45. The van der Waals surface area contributed by atoms with Crippen LogP contribution in [0.4, 0.5) is 0 Å². The van der Waals surface area contributed by atoms with Gasteiger partial charge in [0.25, 0.3) is 0 Å². The van der Waals surface area contributed by atoms with E-state index in [4.69, 9.17) is 33.2 Å². The van der Waals surface area contributed by atoms with E-state index >= 15 is 0 Å². The number of methoxy groups -OCH3 is 1. The highest BCUT2D eigenvalue weighted by Crippen LogP contribution is 2.67. The number of aromatic hydroxyl groups is 1. The number of hydrogen-bond acceptors (Lipinski definition) is 14. The fraction of sp³-hybridized carbons (Fsp3) is 0.674. The summed E-state index contributed by atoms with van der Waals surface area (Å²) in [6.45, 7) is 9.05. The van der Waals surface area contributed by atoms with Crippen molar-refractivity contribution in [2.75, 3.05) is 20.3 Å². The van der Waals surface area contributed by atoms with Gasteiger partial charge in [-0.05, 0) is 110 Å². The lowest BCUT2D eigenvalue weighted by molar-refractivity contribution is -0.329. The Hall–Kier alpha value is -3.63. The molecule has 14 nitrogen and oxygen atoms in total. The largest absolute Gasteiger partial charge is 0.508 e. The van der Waals surface area contributed by atoms with Gasteiger partial charge in [-0.15, -0.1) is 0 Å². The van der Waals surface area contributed by atoms with Crippen LogP contribution in [0.2, 0.25) is 0 Å². The average Bonchev–Trinajstić information content (AvgIpc) is 3.45. The highest BCUT2D eigenvalue weighted by Gasteiger charge is 2.69. The Morgan fingerprint density at radius 3 is 2.37 bits per heavy atom. The van der Waals surface area contributed by atoms with Crippen LogP contribution in [0.25, 0.3) is 0 Å². The predicted molar refractivity (Wildman–Crippen MR) is 215 cm³/mol. The average molecular weight is 839 g/mol. The van der Waals surface area contributed by atoms with Gasteiger partial charge in [-0.2, -0.15) is 0 Å². The minimum atomic E-state index is -1.61. The number of esters is 2. The molecule has 0 unspecified atom stereocenters. The number of aliphatic hydroxyl groups is 3. The molecular weight excluding hydrogens is 776 g/mol. The van der Waals surface area contributed by atoms with Gasteiger partial charge in [-0.3, -0.25) is 9.59 Å². The van der Waals surface area contributed by atoms with Crippen LogP contribution in [-0.2, 0) is 44.4 Å². The van der Waals surface area contributed by atoms with Crippen molar-refractivity contribution in [2.45, 2.75) is 147 Å². The van der Waals surface area contributed by atoms with Gasteiger partial charge in [-0.25, -0.2) is 4.79 Å². The highest BCUT2D eigenvalue weighted by molar-refractivity contribution is 5.89. The highest BCUT2D eigenvalue weighted by atomic mass is 16.7. The summed E-state index contributed by atoms with van der Waals surface area (Å²) in [5.74, 6) is -0.820. The number of benzene rings is 2. The Morgan fingerprint density at radius 2 is 1.67 bits per heavy atom. The number of fused-ring (bicyclic) bond motifs is 5. The molecule has 0 spiro atoms. The summed E-state index contributed by atoms with van der Waals surface area (Å²) < 4.78 is 42.1. The van der Waals surface area contributed by atoms with Crippen molar-refractivity contribution in [3.63, 3.8) is 0 Å². The van der Waals surface area contributed by atoms with Crippen LogP contribution in [0.3, 0.4) is 0 Å². The minimum absolute atomic E-state index is 0.0268. The Labute approximate surface area is 351 Å². The lowest BCUT2D eigenvalue weighted by atomic mass is 9.51. The molecule has 4 fully saturated rings. The summed E-state index contributed by atoms with van der Waals surface area (Å²) in [7, 11) is 1.50. The maximum Gasteiger partial charge on any atom is 0.338 e. The normalized spacial score (nSPS) is 36.7. The number of carbonyl (C=O) groups is 3. The van der Waals surface area contributed by atoms with Crippen LogP contribution >= 0.6 is 0 Å². The van der Waals surface area contributed by atoms with Crippen molar-refractivity contribution in [1.82, 2.24) is 0 Å². The second kappa shape index (κ2) is 18.0. The van der Waals surface area contributed by atoms with E-state index in [0.717, 1.165) is 24.8 Å². The summed E-state index contributed by atoms with van der Waals surface area (Å²) in [5, 5.41) is 45.2. The van der Waals surface area contributed by atoms with E-state index < -0.39 is 78.1 Å². The SMILES string of the molecule is COc1ccc(C(=O)O[C@H]2[C@H](O[C@H]3CCO[C@@H](O[C@H]4C[C@H]5[C@@H]6CCc7cc(O)ccc7[C@H]6CC[C@]5(C)[C@@]4(O)[C@H](C)C(=O)CCC(C)C)[C@@H]3OC(C)=O)OC[C@@H](O)[C@@H]2O)cc1. The standard InChI is InChI=1S/C46H62O14/c1-24(2)7-16-35(49)25(3)46(53)38(22-34-33-14-10-28-21-29(48)11-15-31(28)32(33)17-19-45(34,46)5)59-43-40(57-26(4)47)37(18-20-55-43)58-44-41(39(51)36(50)23-56-44)60-42(52)27-8-12-30(54-6)13-9-27/h8-9,11-13,15,21,24-25,32-34,36-41,43-44,48,50-51,53H,7,10,14,16-20,22-23H2,1-6H3/t25-,32-,33-,34+,36-,37+,38+,39+,40-,41-,43+,44+,45+,46-/m1/s1. The fourth-order valence-corrected chi connectivity index (χ4v) is 11.0. The molecule has 2 aromatic carbocycles. The molecule has 2 aliphatic heterocycles. The zero-order chi connectivity index (χ0) is 43.1. The van der Waals surface area contributed by atoms with E-state index in [1.807, 2.05) is 19.1 Å². The smallest absolute Gasteiger partial charge is 0.338 e. The van der Waals surface area contributed by atoms with Gasteiger partial charge < -0.3 is 53.6 Å². The molecule has 0 amide bonds. The molecule has 2 saturated heterocycles. The van der Waals surface area contributed by atoms with Crippen LogP contribution in [0.5, 0.6) is 11.5 Å². The van der Waals surface area contributed by atoms with Crippen molar-refractivity contribution in [1.29, 1.82) is 0 Å². The Kier molecular flexibility index (Phi) is 13.3. The number of ether oxygens (including phenoxy) is 7. The third-order valence-corrected chi connectivity index (χ3v) is 14.3. The van der Waals surface area contributed by atoms with Gasteiger partial charge >= 0.3 is 11.9 Å². The number of phenolic OH excluding ortho intramolecular Hbond substituents is 1. The van der Waals surface area contributed by atoms with E-state index in [1.165, 1.54) is 31.7 Å². The van der Waals surface area contributed by atoms with Crippen LogP contribution in [0.15, 0.2) is 42.5 Å². The first-order valence-corrected chi connectivity index (χ1v) is 21.5. The van der Waals surface area contributed by atoms with Crippen LogP contribution in [0.1, 0.15) is 107 Å². The summed E-state index contributed by atoms with van der Waals surface area (Å²) >= 11 is 0. The number of aryl methyl sites for hydroxylation is 1. The van der Waals surface area contributed by atoms with Crippen LogP contribution in [-0.4, -0.2) is 113 Å². The van der Waals surface area contributed by atoms with Gasteiger partial charge in [0.15, 0.2) is 24.8 Å². The van der Waals surface area contributed by atoms with E-state index in [-0.39, 0.29) is 54.5 Å². The van der Waals surface area contributed by atoms with Gasteiger partial charge in [-0.1, -0.05) is 33.8 Å². The molecule has 2 heterocycles. The van der Waals surface area contributed by atoms with E-state index in [1.54, 1.807) is 18.2 Å². The molecule has 3 aliphatic carbocycles. The molecule has 2 saturated carbocycles. The Balaban J connectivity index is 1.16. The lowest BCUT2D eigenvalue weighted by Crippen LogP contribution is -2.62. The van der Waals surface area contributed by atoms with Crippen molar-refractivity contribution in [3.05, 3.63) is 59.2 Å². The first-order valence-electron chi connectivity index (χ1n) is 21.5. The third-order valence-electron chi connectivity index (χ3n) is 14.3. The van der Waals surface area contributed by atoms with Gasteiger partial charge in [0.05, 0.1) is 32.0 Å². The predicted octanol–water partition coefficient (Wildman–Crippen LogP) is 4.99. The second-order valence-corrected chi connectivity index (χ2v) is 18.2. The first-order chi connectivity index (χ1) is 28.5. The number of hydrogen-bond donors (Lipinski definition) is 4. The van der Waals surface area contributed by atoms with E-state index in [9.17, 15) is 34.8 Å². The molecule has 7 rings (SSSR count). The van der Waals surface area contributed by atoms with E-state index in [2.05, 4.69) is 20.8 Å². The Bertz CT molecular complexity index is 1850. The number of rotatable bonds is 13. The van der Waals surface area contributed by atoms with Crippen LogP contribution in [0, 0.1) is 29.1 Å². The molecule has 0 bridgehead atoms. The van der Waals surface area contributed by atoms with Gasteiger partial charge in [0, 0.05) is 31.1 Å². The fourth-order valence-electron chi connectivity index (χ4n) is 11.0. The van der Waals surface area contributed by atoms with Crippen molar-refractivity contribution in [3.8, 4) is 11.5 Å². The first kappa shape index (κ1) is 44.4. The van der Waals surface area contributed by atoms with Gasteiger partial charge in [0.1, 0.15) is 41.2 Å². The van der Waals surface area contributed by atoms with Crippen molar-refractivity contribution < 1.29 is 68.0 Å². The molecule has 4 N–H and O–H groups in total. The molecule has 330 valence electrons. The summed E-state index contributed by atoms with van der Waals surface area (Å²) in [4.78, 5) is 40.1. The van der Waals surface area contributed by atoms with Crippen molar-refractivity contribution in [2.24, 2.45) is 29.1 Å². The second-order valence-electron chi connectivity index (χ2n) is 18.2. The number of ketones is 1. The number of phenols is 1. The minimum Gasteiger partial charge on any atom is -0.508 e. The lowest BCUT2D eigenvalue weighted by Gasteiger charge is -2.55. The number of carbonyl (C=O) groups excluding carboxylic acids is 3. The molecule has 0 radical (unpaired) electrons. The maximum atomic E-state index is 14.1. The molecule has 2 aromatic rings. The van der Waals surface area contributed by atoms with Crippen LogP contribution < -0.4 is 4.74 Å². The summed E-state index contributed by atoms with van der Waals surface area (Å²) in [6.07, 6.45) is -5.39. The molecule has 5 aliphatic rings. The molecule has 60 heavy (non-hydrogen) atoms. The zero-order valence-electron chi connectivity index (χ0n) is 35.5. The topological polar surface area (TPSA) is 197 Å². The maximum absolute atomic E-state index is 14.1. The molecule has 14 heteroatoms. The molecular formula is C46H62O14. The zero-order valence-corrected chi connectivity index (χ0v) is 35.5. The number of Topliss-reactive ketones (excluding diaryl/α,β-unsaturated/α-hetero) is 1. The number of aliphatic hydroxyl groups excluding tert-OH is 2. The quantitative estimate of drug-likeness (QED) is 0.197. The molecule has 14 atom stereocenters. The monoisotopic (exact) mass is 838 g/mol. The van der Waals surface area contributed by atoms with Gasteiger partial charge in [0.2, 0.25) is 0 Å². The summed E-state index contributed by atoms with van der Waals surface area (Å²) in [6, 6.07) is 11.8. The molecule has 0 aromatic heterocycles. The van der Waals surface area contributed by atoms with Crippen molar-refractivity contribution >= 4 is 17.7 Å².